The summed E-state index contributed by atoms with van der Waals surface area (Å²) in [5, 5.41) is 0. The summed E-state index contributed by atoms with van der Waals surface area (Å²) in [4.78, 5) is 0. The van der Waals surface area contributed by atoms with Crippen molar-refractivity contribution in [2.75, 3.05) is 19.8 Å². The second-order valence-corrected chi connectivity index (χ2v) is 3.33. The lowest BCUT2D eigenvalue weighted by molar-refractivity contribution is -0.468. The second-order valence-electron chi connectivity index (χ2n) is 2.31. The fourth-order valence-corrected chi connectivity index (χ4v) is 1.26. The van der Waals surface area contributed by atoms with Crippen molar-refractivity contribution in [3.8, 4) is 0 Å². The Labute approximate surface area is 89.2 Å². The summed E-state index contributed by atoms with van der Waals surface area (Å²) in [6, 6.07) is 0. The van der Waals surface area contributed by atoms with Gasteiger partial charge in [-0.3, -0.25) is 4.55 Å². The molecular weight excluding hydrogens is 228 g/mol. The van der Waals surface area contributed by atoms with Crippen molar-refractivity contribution < 1.29 is 31.4 Å². The van der Waals surface area contributed by atoms with Gasteiger partial charge in [-0.25, -0.2) is 0 Å². The fraction of sp³-hybridized carbons (Fsp3) is 1.00. The number of rotatable bonds is 8. The van der Waals surface area contributed by atoms with Gasteiger partial charge in [-0.05, 0) is 20.8 Å². The van der Waals surface area contributed by atoms with Crippen LogP contribution >= 0.6 is 0 Å². The Bertz CT molecular complexity index is 243. The lowest BCUT2D eigenvalue weighted by Gasteiger charge is -2.28. The first kappa shape index (κ1) is 14.8. The third kappa shape index (κ3) is 6.03. The molecule has 0 saturated heterocycles. The predicted octanol–water partition coefficient (Wildman–Crippen LogP) is 0.527. The third-order valence-electron chi connectivity index (χ3n) is 1.17. The molecule has 0 atom stereocenters. The first-order chi connectivity index (χ1) is 6.89. The normalized spacial score (nSPS) is 13.1. The topological polar surface area (TPSA) is 91.3 Å². The van der Waals surface area contributed by atoms with Crippen LogP contribution in [0.25, 0.3) is 0 Å². The molecule has 0 aromatic rings. The van der Waals surface area contributed by atoms with Gasteiger partial charge >= 0.3 is 16.6 Å². The van der Waals surface area contributed by atoms with Crippen LogP contribution in [0.5, 0.6) is 0 Å². The summed E-state index contributed by atoms with van der Waals surface area (Å²) in [7, 11) is -4.72. The van der Waals surface area contributed by atoms with Crippen molar-refractivity contribution in [2.24, 2.45) is 0 Å². The second kappa shape index (κ2) is 6.36. The minimum Gasteiger partial charge on any atom is -0.303 e. The van der Waals surface area contributed by atoms with Crippen molar-refractivity contribution in [2.45, 2.75) is 26.9 Å². The zero-order valence-corrected chi connectivity index (χ0v) is 9.74. The van der Waals surface area contributed by atoms with Crippen LogP contribution in [0.4, 0.5) is 0 Å². The minimum absolute atomic E-state index is 0.0928. The van der Waals surface area contributed by atoms with E-state index in [2.05, 4.69) is 4.18 Å². The van der Waals surface area contributed by atoms with Crippen LogP contribution in [0.3, 0.4) is 0 Å². The van der Waals surface area contributed by atoms with Crippen LogP contribution in [0, 0.1) is 0 Å². The van der Waals surface area contributed by atoms with E-state index in [1.54, 1.807) is 20.8 Å². The first-order valence-electron chi connectivity index (χ1n) is 4.49. The van der Waals surface area contributed by atoms with Gasteiger partial charge in [0.05, 0.1) is 19.8 Å². The summed E-state index contributed by atoms with van der Waals surface area (Å²) in [5.74, 6) is 0. The molecule has 0 saturated carbocycles. The average molecular weight is 244 g/mol. The molecule has 1 N–H and O–H groups in total. The van der Waals surface area contributed by atoms with Gasteiger partial charge in [0, 0.05) is 0 Å². The van der Waals surface area contributed by atoms with Crippen LogP contribution in [0.1, 0.15) is 20.8 Å². The van der Waals surface area contributed by atoms with Gasteiger partial charge in [-0.2, -0.15) is 12.6 Å². The van der Waals surface area contributed by atoms with Gasteiger partial charge in [0.1, 0.15) is 0 Å². The molecule has 0 bridgehead atoms. The first-order valence-corrected chi connectivity index (χ1v) is 5.85. The predicted molar refractivity (Wildman–Crippen MR) is 50.2 cm³/mol. The van der Waals surface area contributed by atoms with E-state index in [9.17, 15) is 8.42 Å². The van der Waals surface area contributed by atoms with E-state index in [1.165, 1.54) is 0 Å². The summed E-state index contributed by atoms with van der Waals surface area (Å²) in [6.45, 7) is 5.07. The molecule has 15 heavy (non-hydrogen) atoms. The summed E-state index contributed by atoms with van der Waals surface area (Å²) >= 11 is 0. The molecule has 0 aromatic heterocycles. The molecule has 0 rings (SSSR count). The smallest absolute Gasteiger partial charge is 0.303 e. The molecular formula is C7H16O7S. The summed E-state index contributed by atoms with van der Waals surface area (Å²) < 4.78 is 48.5. The van der Waals surface area contributed by atoms with Crippen LogP contribution in [-0.4, -0.2) is 39.0 Å². The monoisotopic (exact) mass is 244 g/mol. The Morgan fingerprint density at radius 1 is 1.00 bits per heavy atom. The Morgan fingerprint density at radius 3 is 1.53 bits per heavy atom. The molecule has 0 aliphatic carbocycles. The summed E-state index contributed by atoms with van der Waals surface area (Å²) in [5.41, 5.74) is 0. The van der Waals surface area contributed by atoms with Crippen molar-refractivity contribution in [1.29, 1.82) is 0 Å². The molecule has 0 unspecified atom stereocenters. The Hall–Kier alpha value is -0.250. The molecule has 0 radical (unpaired) electrons. The number of ether oxygens (including phenoxy) is 3. The summed E-state index contributed by atoms with van der Waals surface area (Å²) in [6.07, 6.45) is -2.20. The van der Waals surface area contributed by atoms with Gasteiger partial charge < -0.3 is 14.2 Å². The van der Waals surface area contributed by atoms with Crippen LogP contribution in [0.15, 0.2) is 0 Å². The highest BCUT2D eigenvalue weighted by molar-refractivity contribution is 7.80. The maximum atomic E-state index is 10.6. The molecule has 0 aliphatic rings. The molecule has 0 amide bonds. The van der Waals surface area contributed by atoms with Gasteiger partial charge in [-0.15, -0.1) is 0 Å². The lowest BCUT2D eigenvalue weighted by atomic mass is 10.8. The van der Waals surface area contributed by atoms with Crippen molar-refractivity contribution in [3.05, 3.63) is 0 Å². The maximum Gasteiger partial charge on any atom is 0.428 e. The third-order valence-corrected chi connectivity index (χ3v) is 1.59. The molecule has 0 aromatic carbocycles. The highest BCUT2D eigenvalue weighted by Gasteiger charge is 2.40. The molecule has 8 heteroatoms. The quantitative estimate of drug-likeness (QED) is 0.491. The zero-order valence-electron chi connectivity index (χ0n) is 8.93. The van der Waals surface area contributed by atoms with E-state index in [0.29, 0.717) is 0 Å². The molecule has 0 aliphatic heterocycles. The van der Waals surface area contributed by atoms with Gasteiger partial charge in [0.2, 0.25) is 0 Å². The van der Waals surface area contributed by atoms with Crippen molar-refractivity contribution in [3.63, 3.8) is 0 Å². The number of hydrogen-bond donors (Lipinski definition) is 1. The lowest BCUT2D eigenvalue weighted by Crippen LogP contribution is -2.44. The van der Waals surface area contributed by atoms with E-state index in [1.807, 2.05) is 0 Å². The minimum atomic E-state index is -4.72. The highest BCUT2D eigenvalue weighted by Crippen LogP contribution is 2.19. The van der Waals surface area contributed by atoms with Crippen molar-refractivity contribution >= 4 is 10.4 Å². The Balaban J connectivity index is 4.75. The van der Waals surface area contributed by atoms with Crippen LogP contribution in [-0.2, 0) is 28.8 Å². The van der Waals surface area contributed by atoms with Crippen LogP contribution < -0.4 is 0 Å². The van der Waals surface area contributed by atoms with Gasteiger partial charge in [0.15, 0.2) is 0 Å². The molecule has 0 fully saturated rings. The maximum absolute atomic E-state index is 10.6. The van der Waals surface area contributed by atoms with Crippen LogP contribution in [0.2, 0.25) is 0 Å². The van der Waals surface area contributed by atoms with E-state index >= 15 is 0 Å². The number of hydrogen-bond acceptors (Lipinski definition) is 6. The van der Waals surface area contributed by atoms with E-state index in [0.717, 1.165) is 0 Å². The molecule has 0 spiro atoms. The molecule has 7 nitrogen and oxygen atoms in total. The Morgan fingerprint density at radius 2 is 1.33 bits per heavy atom. The highest BCUT2D eigenvalue weighted by atomic mass is 32.3. The van der Waals surface area contributed by atoms with E-state index < -0.39 is 16.6 Å². The van der Waals surface area contributed by atoms with E-state index in [4.69, 9.17) is 18.8 Å². The average Bonchev–Trinajstić information content (AvgIpc) is 2.01. The largest absolute Gasteiger partial charge is 0.428 e. The molecule has 92 valence electrons. The molecule has 0 heterocycles. The SMILES string of the molecule is CCOC(OCC)(OCC)OS(=O)(=O)O. The zero-order chi connectivity index (χ0) is 11.9. The van der Waals surface area contributed by atoms with E-state index in [-0.39, 0.29) is 19.8 Å². The Kier molecular flexibility index (Phi) is 6.25. The van der Waals surface area contributed by atoms with Gasteiger partial charge in [-0.1, -0.05) is 0 Å². The van der Waals surface area contributed by atoms with Crippen molar-refractivity contribution in [1.82, 2.24) is 0 Å². The standard InChI is InChI=1S/C7H16O7S/c1-4-11-7(12-5-2,13-6-3)14-15(8,9)10/h4-6H2,1-3H3,(H,8,9,10). The van der Waals surface area contributed by atoms with Gasteiger partial charge in [0.25, 0.3) is 0 Å². The fourth-order valence-electron chi connectivity index (χ4n) is 0.856.